The van der Waals surface area contributed by atoms with Crippen LogP contribution in [0.2, 0.25) is 0 Å². The molecule has 3 saturated carbocycles. The number of carbonyl (C=O) groups excluding carboxylic acids is 2. The third-order valence-electron chi connectivity index (χ3n) is 4.95. The molecule has 4 rings (SSSR count). The predicted molar refractivity (Wildman–Crippen MR) is 69.5 cm³/mol. The van der Waals surface area contributed by atoms with Crippen LogP contribution in [0, 0.1) is 29.6 Å². The Balaban J connectivity index is 1.90. The molecule has 1 heterocycles. The molecule has 0 spiro atoms. The molecule has 4 bridgehead atoms. The van der Waals surface area contributed by atoms with Gasteiger partial charge in [-0.05, 0) is 39.5 Å². The van der Waals surface area contributed by atoms with Gasteiger partial charge in [0.05, 0.1) is 11.8 Å². The molecule has 1 saturated heterocycles. The van der Waals surface area contributed by atoms with Gasteiger partial charge in [0, 0.05) is 18.4 Å². The Morgan fingerprint density at radius 3 is 2.60 bits per heavy atom. The van der Waals surface area contributed by atoms with Gasteiger partial charge in [-0.15, -0.1) is 0 Å². The van der Waals surface area contributed by atoms with E-state index in [9.17, 15) is 14.7 Å². The zero-order valence-corrected chi connectivity index (χ0v) is 12.2. The molecule has 1 N–H and O–H groups in total. The number of hydrogen-bond acceptors (Lipinski definition) is 5. The molecule has 5 heteroatoms. The van der Waals surface area contributed by atoms with E-state index in [1.54, 1.807) is 0 Å². The van der Waals surface area contributed by atoms with Crippen molar-refractivity contribution in [2.24, 2.45) is 29.6 Å². The lowest BCUT2D eigenvalue weighted by atomic mass is 9.54. The summed E-state index contributed by atoms with van der Waals surface area (Å²) in [6, 6.07) is 0. The molecule has 20 heavy (non-hydrogen) atoms. The summed E-state index contributed by atoms with van der Waals surface area (Å²) in [6.45, 7) is 5.44. The van der Waals surface area contributed by atoms with Gasteiger partial charge in [0.15, 0.2) is 0 Å². The SMILES string of the molecule is CC(C)(C)OC(=O)C1C2CCC3C(OC(=O)C31)C2CO. The van der Waals surface area contributed by atoms with Crippen LogP contribution in [0.3, 0.4) is 0 Å². The third-order valence-corrected chi connectivity index (χ3v) is 4.95. The highest BCUT2D eigenvalue weighted by Crippen LogP contribution is 2.57. The van der Waals surface area contributed by atoms with Crippen LogP contribution in [0.4, 0.5) is 0 Å². The van der Waals surface area contributed by atoms with Crippen molar-refractivity contribution >= 4 is 11.9 Å². The monoisotopic (exact) mass is 282 g/mol. The molecule has 3 aliphatic carbocycles. The van der Waals surface area contributed by atoms with Gasteiger partial charge in [-0.25, -0.2) is 0 Å². The fourth-order valence-electron chi connectivity index (χ4n) is 4.33. The molecule has 0 aromatic heterocycles. The van der Waals surface area contributed by atoms with Crippen molar-refractivity contribution in [1.29, 1.82) is 0 Å². The Labute approximate surface area is 118 Å². The van der Waals surface area contributed by atoms with Crippen LogP contribution in [-0.2, 0) is 19.1 Å². The van der Waals surface area contributed by atoms with Crippen molar-refractivity contribution < 1.29 is 24.2 Å². The molecule has 0 aromatic rings. The fraction of sp³-hybridized carbons (Fsp3) is 0.867. The molecule has 0 radical (unpaired) electrons. The third kappa shape index (κ3) is 1.94. The van der Waals surface area contributed by atoms with Gasteiger partial charge in [0.2, 0.25) is 0 Å². The minimum Gasteiger partial charge on any atom is -0.461 e. The lowest BCUT2D eigenvalue weighted by Crippen LogP contribution is -2.54. The van der Waals surface area contributed by atoms with Crippen molar-refractivity contribution in [3.8, 4) is 0 Å². The number of aliphatic hydroxyl groups is 1. The second-order valence-corrected chi connectivity index (χ2v) is 7.24. The van der Waals surface area contributed by atoms with Crippen LogP contribution in [0.15, 0.2) is 0 Å². The van der Waals surface area contributed by atoms with E-state index in [2.05, 4.69) is 0 Å². The normalized spacial score (nSPS) is 42.5. The minimum atomic E-state index is -0.565. The lowest BCUT2D eigenvalue weighted by Gasteiger charge is -2.48. The molecular formula is C15H22O5. The zero-order valence-electron chi connectivity index (χ0n) is 12.2. The topological polar surface area (TPSA) is 72.8 Å². The number of fused-ring (bicyclic) bond motifs is 1. The summed E-state index contributed by atoms with van der Waals surface area (Å²) in [4.78, 5) is 24.6. The molecule has 0 amide bonds. The standard InChI is InChI=1S/C15H22O5/c1-15(2,3)20-14(18)10-7-4-5-8-11(10)13(17)19-12(8)9(7)6-16/h7-12,16H,4-6H2,1-3H3. The summed E-state index contributed by atoms with van der Waals surface area (Å²) >= 11 is 0. The van der Waals surface area contributed by atoms with Gasteiger partial charge < -0.3 is 14.6 Å². The van der Waals surface area contributed by atoms with Gasteiger partial charge in [-0.2, -0.15) is 0 Å². The molecule has 112 valence electrons. The lowest BCUT2D eigenvalue weighted by molar-refractivity contribution is -0.174. The quantitative estimate of drug-likeness (QED) is 0.769. The van der Waals surface area contributed by atoms with E-state index >= 15 is 0 Å². The van der Waals surface area contributed by atoms with E-state index in [1.165, 1.54) is 0 Å². The zero-order chi connectivity index (χ0) is 14.7. The first kappa shape index (κ1) is 13.9. The van der Waals surface area contributed by atoms with E-state index < -0.39 is 11.5 Å². The van der Waals surface area contributed by atoms with Crippen LogP contribution < -0.4 is 0 Å². The highest BCUT2D eigenvalue weighted by molar-refractivity contribution is 5.85. The van der Waals surface area contributed by atoms with Gasteiger partial charge in [0.1, 0.15) is 11.7 Å². The Morgan fingerprint density at radius 1 is 1.35 bits per heavy atom. The van der Waals surface area contributed by atoms with E-state index in [0.717, 1.165) is 12.8 Å². The van der Waals surface area contributed by atoms with Crippen molar-refractivity contribution in [3.05, 3.63) is 0 Å². The number of aliphatic hydroxyl groups excluding tert-OH is 1. The maximum atomic E-state index is 12.5. The minimum absolute atomic E-state index is 0.00120. The highest BCUT2D eigenvalue weighted by atomic mass is 16.6. The summed E-state index contributed by atoms with van der Waals surface area (Å²) < 4.78 is 10.9. The Kier molecular flexibility index (Phi) is 3.08. The second-order valence-electron chi connectivity index (χ2n) is 7.24. The predicted octanol–water partition coefficient (Wildman–Crippen LogP) is 1.13. The molecule has 4 aliphatic rings. The highest BCUT2D eigenvalue weighted by Gasteiger charge is 2.64. The Hall–Kier alpha value is -1.10. The number of carbonyl (C=O) groups is 2. The maximum Gasteiger partial charge on any atom is 0.310 e. The largest absolute Gasteiger partial charge is 0.461 e. The summed E-state index contributed by atoms with van der Waals surface area (Å²) in [6.07, 6.45) is 1.57. The first-order valence-corrected chi connectivity index (χ1v) is 7.37. The van der Waals surface area contributed by atoms with E-state index in [1.807, 2.05) is 20.8 Å². The average Bonchev–Trinajstić information content (AvgIpc) is 2.62. The van der Waals surface area contributed by atoms with Crippen molar-refractivity contribution in [3.63, 3.8) is 0 Å². The van der Waals surface area contributed by atoms with Crippen molar-refractivity contribution in [1.82, 2.24) is 0 Å². The van der Waals surface area contributed by atoms with Gasteiger partial charge in [0.25, 0.3) is 0 Å². The van der Waals surface area contributed by atoms with E-state index in [0.29, 0.717) is 0 Å². The smallest absolute Gasteiger partial charge is 0.310 e. The molecule has 1 aliphatic heterocycles. The summed E-state index contributed by atoms with van der Waals surface area (Å²) in [7, 11) is 0. The van der Waals surface area contributed by atoms with Crippen molar-refractivity contribution in [2.45, 2.75) is 45.3 Å². The first-order chi connectivity index (χ1) is 9.33. The molecule has 4 fully saturated rings. The fourth-order valence-corrected chi connectivity index (χ4v) is 4.33. The number of hydrogen-bond donors (Lipinski definition) is 1. The molecular weight excluding hydrogens is 260 g/mol. The van der Waals surface area contributed by atoms with E-state index in [4.69, 9.17) is 9.47 Å². The van der Waals surface area contributed by atoms with E-state index in [-0.39, 0.29) is 48.3 Å². The maximum absolute atomic E-state index is 12.5. The second kappa shape index (κ2) is 4.45. The Bertz CT molecular complexity index is 438. The van der Waals surface area contributed by atoms with Crippen LogP contribution in [0.1, 0.15) is 33.6 Å². The summed E-state index contributed by atoms with van der Waals surface area (Å²) in [5, 5.41) is 9.61. The number of rotatable bonds is 2. The van der Waals surface area contributed by atoms with Gasteiger partial charge >= 0.3 is 11.9 Å². The van der Waals surface area contributed by atoms with Crippen LogP contribution >= 0.6 is 0 Å². The summed E-state index contributed by atoms with van der Waals surface area (Å²) in [5.74, 6) is -1.45. The molecule has 0 aromatic carbocycles. The van der Waals surface area contributed by atoms with Gasteiger partial charge in [-0.1, -0.05) is 0 Å². The molecule has 6 atom stereocenters. The molecule has 6 unspecified atom stereocenters. The number of ether oxygens (including phenoxy) is 2. The molecule has 5 nitrogen and oxygen atoms in total. The van der Waals surface area contributed by atoms with Crippen LogP contribution in [0.5, 0.6) is 0 Å². The van der Waals surface area contributed by atoms with Gasteiger partial charge in [-0.3, -0.25) is 9.59 Å². The average molecular weight is 282 g/mol. The summed E-state index contributed by atoms with van der Waals surface area (Å²) in [5.41, 5.74) is -0.565. The van der Waals surface area contributed by atoms with Crippen LogP contribution in [0.25, 0.3) is 0 Å². The number of esters is 2. The van der Waals surface area contributed by atoms with Crippen molar-refractivity contribution in [2.75, 3.05) is 6.61 Å². The Morgan fingerprint density at radius 2 is 2.00 bits per heavy atom. The van der Waals surface area contributed by atoms with Crippen LogP contribution in [-0.4, -0.2) is 35.4 Å². The first-order valence-electron chi connectivity index (χ1n) is 7.37.